The van der Waals surface area contributed by atoms with E-state index < -0.39 is 0 Å². The van der Waals surface area contributed by atoms with Gasteiger partial charge in [-0.05, 0) is 33.4 Å². The van der Waals surface area contributed by atoms with Crippen LogP contribution in [-0.4, -0.2) is 30.6 Å². The highest BCUT2D eigenvalue weighted by atomic mass is 15.3. The van der Waals surface area contributed by atoms with Crippen LogP contribution in [0, 0.1) is 0 Å². The molecule has 0 heterocycles. The van der Waals surface area contributed by atoms with E-state index in [1.165, 1.54) is 64.2 Å². The molecule has 0 aromatic heterocycles. The number of hydrogen-bond donors (Lipinski definition) is 2. The Hall–Kier alpha value is -0.120. The first-order valence-corrected chi connectivity index (χ1v) is 7.81. The van der Waals surface area contributed by atoms with Crippen LogP contribution in [0.5, 0.6) is 0 Å². The lowest BCUT2D eigenvalue weighted by Crippen LogP contribution is -2.61. The molecule has 0 radical (unpaired) electrons. The van der Waals surface area contributed by atoms with Gasteiger partial charge in [-0.25, -0.2) is 0 Å². The molecule has 18 heavy (non-hydrogen) atoms. The van der Waals surface area contributed by atoms with E-state index in [1.807, 2.05) is 0 Å². The Bertz CT molecular complexity index is 210. The molecule has 1 atom stereocenters. The SMILES string of the molecule is CCCCCCC(NN)C1(N(C)C)CCCCC1. The first-order chi connectivity index (χ1) is 8.67. The zero-order valence-corrected chi connectivity index (χ0v) is 12.7. The second-order valence-electron chi connectivity index (χ2n) is 6.13. The van der Waals surface area contributed by atoms with Crippen LogP contribution in [0.3, 0.4) is 0 Å². The summed E-state index contributed by atoms with van der Waals surface area (Å²) in [6.45, 7) is 2.26. The van der Waals surface area contributed by atoms with Crippen LogP contribution >= 0.6 is 0 Å². The van der Waals surface area contributed by atoms with Gasteiger partial charge in [0, 0.05) is 11.6 Å². The van der Waals surface area contributed by atoms with Crippen molar-refractivity contribution in [1.82, 2.24) is 10.3 Å². The predicted octanol–water partition coefficient (Wildman–Crippen LogP) is 3.05. The van der Waals surface area contributed by atoms with Gasteiger partial charge >= 0.3 is 0 Å². The maximum Gasteiger partial charge on any atom is 0.0394 e. The van der Waals surface area contributed by atoms with Crippen LogP contribution in [0.25, 0.3) is 0 Å². The Morgan fingerprint density at radius 3 is 2.28 bits per heavy atom. The summed E-state index contributed by atoms with van der Waals surface area (Å²) >= 11 is 0. The van der Waals surface area contributed by atoms with E-state index in [1.54, 1.807) is 0 Å². The van der Waals surface area contributed by atoms with Crippen molar-refractivity contribution in [3.8, 4) is 0 Å². The van der Waals surface area contributed by atoms with Gasteiger partial charge in [0.25, 0.3) is 0 Å². The van der Waals surface area contributed by atoms with Crippen LogP contribution in [0.2, 0.25) is 0 Å². The normalized spacial score (nSPS) is 21.2. The molecule has 0 aromatic rings. The van der Waals surface area contributed by atoms with Crippen LogP contribution < -0.4 is 11.3 Å². The standard InChI is InChI=1S/C15H33N3/c1-4-5-6-8-11-14(17-16)15(18(2)3)12-9-7-10-13-15/h14,17H,4-13,16H2,1-3H3. The highest BCUT2D eigenvalue weighted by molar-refractivity contribution is 4.99. The number of nitrogens with one attached hydrogen (secondary N) is 1. The second-order valence-corrected chi connectivity index (χ2v) is 6.13. The molecule has 0 amide bonds. The van der Waals surface area contributed by atoms with Crippen molar-refractivity contribution in [2.75, 3.05) is 14.1 Å². The molecule has 0 saturated heterocycles. The summed E-state index contributed by atoms with van der Waals surface area (Å²) in [7, 11) is 4.45. The molecule has 3 N–H and O–H groups in total. The van der Waals surface area contributed by atoms with E-state index in [2.05, 4.69) is 31.3 Å². The fourth-order valence-electron chi connectivity index (χ4n) is 3.55. The summed E-state index contributed by atoms with van der Waals surface area (Å²) in [5.74, 6) is 5.86. The van der Waals surface area contributed by atoms with E-state index >= 15 is 0 Å². The molecule has 108 valence electrons. The molecule has 0 spiro atoms. The number of hydrazine groups is 1. The highest BCUT2D eigenvalue weighted by Crippen LogP contribution is 2.36. The largest absolute Gasteiger partial charge is 0.302 e. The van der Waals surface area contributed by atoms with Gasteiger partial charge in [-0.3, -0.25) is 11.3 Å². The molecule has 0 aliphatic heterocycles. The third-order valence-corrected chi connectivity index (χ3v) is 4.81. The zero-order chi connectivity index (χ0) is 13.4. The summed E-state index contributed by atoms with van der Waals surface area (Å²) in [5, 5.41) is 0. The number of nitrogens with two attached hydrogens (primary N) is 1. The summed E-state index contributed by atoms with van der Waals surface area (Å²) in [6.07, 6.45) is 13.2. The average molecular weight is 255 g/mol. The third-order valence-electron chi connectivity index (χ3n) is 4.81. The van der Waals surface area contributed by atoms with Crippen molar-refractivity contribution >= 4 is 0 Å². The number of unbranched alkanes of at least 4 members (excludes halogenated alkanes) is 3. The minimum Gasteiger partial charge on any atom is -0.302 e. The Balaban J connectivity index is 2.57. The molecule has 1 unspecified atom stereocenters. The lowest BCUT2D eigenvalue weighted by molar-refractivity contribution is 0.0524. The summed E-state index contributed by atoms with van der Waals surface area (Å²) < 4.78 is 0. The Labute approximate surface area is 113 Å². The Morgan fingerprint density at radius 1 is 1.11 bits per heavy atom. The Morgan fingerprint density at radius 2 is 1.78 bits per heavy atom. The minimum atomic E-state index is 0.291. The van der Waals surface area contributed by atoms with Crippen molar-refractivity contribution < 1.29 is 0 Å². The number of hydrogen-bond acceptors (Lipinski definition) is 3. The maximum absolute atomic E-state index is 5.86. The monoisotopic (exact) mass is 255 g/mol. The van der Waals surface area contributed by atoms with Crippen LogP contribution in [-0.2, 0) is 0 Å². The molecule has 1 aliphatic rings. The van der Waals surface area contributed by atoms with Gasteiger partial charge in [0.15, 0.2) is 0 Å². The number of rotatable bonds is 8. The number of likely N-dealkylation sites (N-methyl/N-ethyl adjacent to an activating group) is 1. The van der Waals surface area contributed by atoms with Gasteiger partial charge in [0.2, 0.25) is 0 Å². The predicted molar refractivity (Wildman–Crippen MR) is 79.4 cm³/mol. The molecule has 1 rings (SSSR count). The molecular formula is C15H33N3. The summed E-state index contributed by atoms with van der Waals surface area (Å²) in [5.41, 5.74) is 3.42. The lowest BCUT2D eigenvalue weighted by atomic mass is 9.74. The van der Waals surface area contributed by atoms with Crippen molar-refractivity contribution in [2.45, 2.75) is 82.7 Å². The minimum absolute atomic E-state index is 0.291. The van der Waals surface area contributed by atoms with E-state index in [0.29, 0.717) is 11.6 Å². The van der Waals surface area contributed by atoms with Gasteiger partial charge in [-0.1, -0.05) is 51.9 Å². The number of nitrogens with zero attached hydrogens (tertiary/aromatic N) is 1. The first kappa shape index (κ1) is 15.9. The van der Waals surface area contributed by atoms with E-state index in [0.717, 1.165) is 0 Å². The van der Waals surface area contributed by atoms with Gasteiger partial charge in [-0.2, -0.15) is 0 Å². The van der Waals surface area contributed by atoms with Gasteiger partial charge in [0.1, 0.15) is 0 Å². The molecule has 1 aliphatic carbocycles. The average Bonchev–Trinajstić information content (AvgIpc) is 2.39. The molecule has 1 fully saturated rings. The van der Waals surface area contributed by atoms with Crippen molar-refractivity contribution in [1.29, 1.82) is 0 Å². The van der Waals surface area contributed by atoms with Crippen molar-refractivity contribution in [3.05, 3.63) is 0 Å². The fourth-order valence-corrected chi connectivity index (χ4v) is 3.55. The summed E-state index contributed by atoms with van der Waals surface area (Å²) in [4.78, 5) is 2.43. The third kappa shape index (κ3) is 3.94. The van der Waals surface area contributed by atoms with Gasteiger partial charge < -0.3 is 4.90 Å². The summed E-state index contributed by atoms with van der Waals surface area (Å²) in [6, 6.07) is 0.449. The smallest absolute Gasteiger partial charge is 0.0394 e. The fraction of sp³-hybridized carbons (Fsp3) is 1.00. The van der Waals surface area contributed by atoms with Crippen LogP contribution in [0.15, 0.2) is 0 Å². The maximum atomic E-state index is 5.86. The molecule has 3 heteroatoms. The van der Waals surface area contributed by atoms with Crippen LogP contribution in [0.1, 0.15) is 71.1 Å². The molecule has 0 aromatic carbocycles. The highest BCUT2D eigenvalue weighted by Gasteiger charge is 2.40. The van der Waals surface area contributed by atoms with E-state index in [4.69, 9.17) is 5.84 Å². The first-order valence-electron chi connectivity index (χ1n) is 7.81. The van der Waals surface area contributed by atoms with Gasteiger partial charge in [-0.15, -0.1) is 0 Å². The quantitative estimate of drug-likeness (QED) is 0.398. The molecule has 3 nitrogen and oxygen atoms in total. The molecular weight excluding hydrogens is 222 g/mol. The lowest BCUT2D eigenvalue weighted by Gasteiger charge is -2.48. The Kier molecular flexibility index (Phi) is 7.20. The second kappa shape index (κ2) is 8.13. The molecule has 0 bridgehead atoms. The van der Waals surface area contributed by atoms with Crippen molar-refractivity contribution in [3.63, 3.8) is 0 Å². The topological polar surface area (TPSA) is 41.3 Å². The van der Waals surface area contributed by atoms with Crippen LogP contribution in [0.4, 0.5) is 0 Å². The van der Waals surface area contributed by atoms with Crippen molar-refractivity contribution in [2.24, 2.45) is 5.84 Å². The van der Waals surface area contributed by atoms with Gasteiger partial charge in [0.05, 0.1) is 0 Å². The molecule has 1 saturated carbocycles. The van der Waals surface area contributed by atoms with E-state index in [-0.39, 0.29) is 0 Å². The van der Waals surface area contributed by atoms with E-state index in [9.17, 15) is 0 Å². The zero-order valence-electron chi connectivity index (χ0n) is 12.7.